The van der Waals surface area contributed by atoms with Gasteiger partial charge in [0, 0.05) is 17.9 Å². The van der Waals surface area contributed by atoms with Crippen molar-refractivity contribution < 1.29 is 35.0 Å². The Balaban J connectivity index is 2.03. The third kappa shape index (κ3) is 6.27. The number of aliphatic hydroxyl groups is 4. The first kappa shape index (κ1) is 27.3. The smallest absolute Gasteiger partial charge is 0.210 e. The first-order chi connectivity index (χ1) is 16.7. The number of phenols is 1. The van der Waals surface area contributed by atoms with E-state index in [4.69, 9.17) is 15.9 Å². The van der Waals surface area contributed by atoms with E-state index in [1.165, 1.54) is 5.57 Å². The van der Waals surface area contributed by atoms with Crippen LogP contribution in [0.1, 0.15) is 63.0 Å². The number of aryl methyl sites for hydroxylation is 1. The molecule has 0 amide bonds. The molecular weight excluding hydrogens is 448 g/mol. The Kier molecular flexibility index (Phi) is 9.40. The standard InChI is InChI=1S/C28H38O7/c1-5-6-7-8-9-18-13-22(30)24(20-12-17(4)10-11-19(20)16(2)3)23(14-18)34-28-21(15-29)25(31)26(32)27(33)35-28/h1,12-14,19-21,25-33H,2,6-11,15H2,3-4H3/t19-,20+,21+,25+,26-,27-,28?/m0/s1. The number of ether oxygens (including phenoxy) is 2. The topological polar surface area (TPSA) is 120 Å². The second-order valence-electron chi connectivity index (χ2n) is 9.81. The maximum absolute atomic E-state index is 11.2. The molecule has 1 fully saturated rings. The molecule has 0 saturated carbocycles. The molecule has 1 aliphatic carbocycles. The number of terminal acetylenes is 1. The minimum Gasteiger partial charge on any atom is -0.507 e. The Bertz CT molecular complexity index is 963. The quantitative estimate of drug-likeness (QED) is 0.207. The van der Waals surface area contributed by atoms with E-state index in [2.05, 4.69) is 25.5 Å². The molecule has 0 aromatic heterocycles. The summed E-state index contributed by atoms with van der Waals surface area (Å²) in [5.41, 5.74) is 3.62. The highest BCUT2D eigenvalue weighted by Crippen LogP contribution is 2.47. The molecular formula is C28H38O7. The molecule has 0 radical (unpaired) electrons. The van der Waals surface area contributed by atoms with E-state index in [9.17, 15) is 25.5 Å². The monoisotopic (exact) mass is 486 g/mol. The van der Waals surface area contributed by atoms with E-state index in [-0.39, 0.29) is 17.6 Å². The zero-order chi connectivity index (χ0) is 25.7. The average Bonchev–Trinajstić information content (AvgIpc) is 2.80. The Morgan fingerprint density at radius 2 is 1.97 bits per heavy atom. The number of aliphatic hydroxyl groups excluding tert-OH is 4. The number of rotatable bonds is 9. The number of hydrogen-bond donors (Lipinski definition) is 5. The second kappa shape index (κ2) is 12.1. The molecule has 3 rings (SSSR count). The lowest BCUT2D eigenvalue weighted by Gasteiger charge is -2.40. The molecule has 7 nitrogen and oxygen atoms in total. The number of unbranched alkanes of at least 4 members (excludes halogenated alkanes) is 2. The van der Waals surface area contributed by atoms with Gasteiger partial charge in [-0.25, -0.2) is 0 Å². The zero-order valence-corrected chi connectivity index (χ0v) is 20.6. The fourth-order valence-electron chi connectivity index (χ4n) is 5.04. The fraction of sp³-hybridized carbons (Fsp3) is 0.571. The molecule has 0 bridgehead atoms. The van der Waals surface area contributed by atoms with Gasteiger partial charge in [-0.2, -0.15) is 0 Å². The highest BCUT2D eigenvalue weighted by Gasteiger charge is 2.45. The number of hydrogen-bond acceptors (Lipinski definition) is 7. The van der Waals surface area contributed by atoms with Gasteiger partial charge < -0.3 is 35.0 Å². The van der Waals surface area contributed by atoms with Crippen LogP contribution in [0.25, 0.3) is 0 Å². The Labute approximate surface area is 207 Å². The molecule has 2 aliphatic rings. The van der Waals surface area contributed by atoms with Crippen LogP contribution in [0.5, 0.6) is 11.5 Å². The van der Waals surface area contributed by atoms with Crippen LogP contribution in [-0.2, 0) is 11.2 Å². The summed E-state index contributed by atoms with van der Waals surface area (Å²) in [6.45, 7) is 7.67. The molecule has 1 heterocycles. The molecule has 1 saturated heterocycles. The van der Waals surface area contributed by atoms with Crippen molar-refractivity contribution in [1.29, 1.82) is 0 Å². The van der Waals surface area contributed by atoms with Crippen LogP contribution >= 0.6 is 0 Å². The molecule has 1 aliphatic heterocycles. The third-order valence-corrected chi connectivity index (χ3v) is 7.09. The molecule has 35 heavy (non-hydrogen) atoms. The lowest BCUT2D eigenvalue weighted by atomic mass is 9.73. The highest BCUT2D eigenvalue weighted by atomic mass is 16.7. The molecule has 192 valence electrons. The molecule has 0 spiro atoms. The Morgan fingerprint density at radius 3 is 2.63 bits per heavy atom. The summed E-state index contributed by atoms with van der Waals surface area (Å²) in [6.07, 6.45) is 6.40. The third-order valence-electron chi connectivity index (χ3n) is 7.09. The van der Waals surface area contributed by atoms with Crippen LogP contribution in [0, 0.1) is 24.2 Å². The van der Waals surface area contributed by atoms with Crippen LogP contribution in [0.4, 0.5) is 0 Å². The average molecular weight is 487 g/mol. The van der Waals surface area contributed by atoms with Crippen LogP contribution in [-0.4, -0.2) is 56.9 Å². The van der Waals surface area contributed by atoms with Crippen molar-refractivity contribution >= 4 is 0 Å². The minimum absolute atomic E-state index is 0.0779. The molecule has 1 aromatic rings. The van der Waals surface area contributed by atoms with Crippen LogP contribution in [0.2, 0.25) is 0 Å². The lowest BCUT2D eigenvalue weighted by Crippen LogP contribution is -2.57. The summed E-state index contributed by atoms with van der Waals surface area (Å²) in [5.74, 6) is 1.95. The first-order valence-corrected chi connectivity index (χ1v) is 12.3. The van der Waals surface area contributed by atoms with E-state index < -0.39 is 37.3 Å². The van der Waals surface area contributed by atoms with Gasteiger partial charge in [0.05, 0.1) is 18.6 Å². The number of aromatic hydroxyl groups is 1. The Morgan fingerprint density at radius 1 is 1.23 bits per heavy atom. The predicted octanol–water partition coefficient (Wildman–Crippen LogP) is 3.14. The van der Waals surface area contributed by atoms with E-state index in [1.807, 2.05) is 13.0 Å². The highest BCUT2D eigenvalue weighted by molar-refractivity contribution is 5.52. The summed E-state index contributed by atoms with van der Waals surface area (Å²) < 4.78 is 11.6. The van der Waals surface area contributed by atoms with Gasteiger partial charge in [-0.1, -0.05) is 23.8 Å². The van der Waals surface area contributed by atoms with Crippen molar-refractivity contribution in [3.63, 3.8) is 0 Å². The predicted molar refractivity (Wildman–Crippen MR) is 133 cm³/mol. The van der Waals surface area contributed by atoms with Crippen molar-refractivity contribution in [2.45, 2.75) is 83.1 Å². The lowest BCUT2D eigenvalue weighted by molar-refractivity contribution is -0.312. The van der Waals surface area contributed by atoms with Gasteiger partial charge in [-0.15, -0.1) is 12.3 Å². The summed E-state index contributed by atoms with van der Waals surface area (Å²) in [7, 11) is 0. The van der Waals surface area contributed by atoms with Gasteiger partial charge in [-0.3, -0.25) is 0 Å². The maximum Gasteiger partial charge on any atom is 0.210 e. The minimum atomic E-state index is -1.68. The van der Waals surface area contributed by atoms with Crippen molar-refractivity contribution in [2.24, 2.45) is 11.8 Å². The van der Waals surface area contributed by atoms with Gasteiger partial charge in [0.25, 0.3) is 0 Å². The summed E-state index contributed by atoms with van der Waals surface area (Å²) in [5, 5.41) is 51.5. The number of allylic oxidation sites excluding steroid dienone is 3. The van der Waals surface area contributed by atoms with Crippen molar-refractivity contribution in [1.82, 2.24) is 0 Å². The molecule has 7 heteroatoms. The van der Waals surface area contributed by atoms with Crippen molar-refractivity contribution in [2.75, 3.05) is 6.61 Å². The normalized spacial score (nSPS) is 30.9. The van der Waals surface area contributed by atoms with E-state index in [0.717, 1.165) is 36.8 Å². The largest absolute Gasteiger partial charge is 0.507 e. The van der Waals surface area contributed by atoms with E-state index >= 15 is 0 Å². The van der Waals surface area contributed by atoms with Crippen LogP contribution in [0.15, 0.2) is 35.9 Å². The first-order valence-electron chi connectivity index (χ1n) is 12.3. The van der Waals surface area contributed by atoms with Gasteiger partial charge >= 0.3 is 0 Å². The van der Waals surface area contributed by atoms with Gasteiger partial charge in [0.15, 0.2) is 6.29 Å². The maximum atomic E-state index is 11.2. The van der Waals surface area contributed by atoms with E-state index in [1.54, 1.807) is 6.07 Å². The zero-order valence-electron chi connectivity index (χ0n) is 20.6. The van der Waals surface area contributed by atoms with Crippen LogP contribution in [0.3, 0.4) is 0 Å². The van der Waals surface area contributed by atoms with Gasteiger partial charge in [-0.05, 0) is 69.6 Å². The summed E-state index contributed by atoms with van der Waals surface area (Å²) in [4.78, 5) is 0. The number of benzene rings is 1. The Hall–Kier alpha value is -2.34. The van der Waals surface area contributed by atoms with Crippen molar-refractivity contribution in [3.05, 3.63) is 47.1 Å². The second-order valence-corrected chi connectivity index (χ2v) is 9.81. The molecule has 7 atom stereocenters. The fourth-order valence-corrected chi connectivity index (χ4v) is 5.04. The SMILES string of the molecule is C#CCCCCc1cc(O)c([C@@H]2C=C(C)CC[C@H]2C(=C)C)c(OC2O[C@H](O)[C@@H](O)[C@H](O)[C@H]2CO)c1. The van der Waals surface area contributed by atoms with Crippen molar-refractivity contribution in [3.8, 4) is 23.8 Å². The summed E-state index contributed by atoms with van der Waals surface area (Å²) >= 11 is 0. The van der Waals surface area contributed by atoms with Gasteiger partial charge in [0.1, 0.15) is 17.6 Å². The molecule has 1 unspecified atom stereocenters. The van der Waals surface area contributed by atoms with Crippen LogP contribution < -0.4 is 4.74 Å². The van der Waals surface area contributed by atoms with E-state index in [0.29, 0.717) is 24.2 Å². The summed E-state index contributed by atoms with van der Waals surface area (Å²) in [6, 6.07) is 3.57. The van der Waals surface area contributed by atoms with Gasteiger partial charge in [0.2, 0.25) is 6.29 Å². The molecule has 1 aromatic carbocycles. The number of phenolic OH excluding ortho intramolecular Hbond substituents is 1. The molecule has 5 N–H and O–H groups in total.